The Hall–Kier alpha value is -3.26. The van der Waals surface area contributed by atoms with Crippen LogP contribution in [0.3, 0.4) is 0 Å². The number of hydrogen-bond acceptors (Lipinski definition) is 12. The zero-order valence-corrected chi connectivity index (χ0v) is 20.0. The first kappa shape index (κ1) is 32.7. The molecule has 0 saturated carbocycles. The van der Waals surface area contributed by atoms with Crippen LogP contribution in [-0.4, -0.2) is 104 Å². The van der Waals surface area contributed by atoms with Crippen molar-refractivity contribution in [2.45, 2.75) is 37.8 Å². The Morgan fingerprint density at radius 2 is 1.08 bits per heavy atom. The lowest BCUT2D eigenvalue weighted by atomic mass is 10.0. The Labute approximate surface area is 208 Å². The number of hydrogen-bond donors (Lipinski definition) is 8. The highest BCUT2D eigenvalue weighted by Crippen LogP contribution is 2.11. The van der Waals surface area contributed by atoms with Gasteiger partial charge in [-0.3, -0.25) is 0 Å². The van der Waals surface area contributed by atoms with E-state index in [4.69, 9.17) is 45.6 Å². The molecule has 36 heavy (non-hydrogen) atoms. The predicted octanol–water partition coefficient (Wildman–Crippen LogP) is -0.448. The molecule has 0 amide bonds. The molecule has 12 nitrogen and oxygen atoms in total. The number of phenols is 2. The molecule has 0 aliphatic heterocycles. The lowest BCUT2D eigenvalue weighted by Crippen LogP contribution is -2.46. The van der Waals surface area contributed by atoms with Crippen molar-refractivity contribution in [3.63, 3.8) is 0 Å². The van der Waals surface area contributed by atoms with Crippen LogP contribution in [0, 0.1) is 0 Å². The van der Waals surface area contributed by atoms with Crippen molar-refractivity contribution in [1.29, 1.82) is 0 Å². The highest BCUT2D eigenvalue weighted by Gasteiger charge is 2.29. The number of aliphatic hydroxyl groups excluding tert-OH is 6. The number of carbonyl (C=O) groups is 2. The van der Waals surface area contributed by atoms with Crippen LogP contribution in [-0.2, 0) is 9.47 Å². The average Bonchev–Trinajstić information content (AvgIpc) is 2.90. The molecular weight excluding hydrogens is 480 g/mol. The minimum atomic E-state index is -1.67. The maximum Gasteiger partial charge on any atom is 0.338 e. The lowest BCUT2D eigenvalue weighted by molar-refractivity contribution is -0.123. The normalized spacial score (nSPS) is 13.4. The van der Waals surface area contributed by atoms with Gasteiger partial charge in [0, 0.05) is 0 Å². The van der Waals surface area contributed by atoms with Crippen molar-refractivity contribution < 1.29 is 59.9 Å². The Bertz CT molecular complexity index is 856. The topological polar surface area (TPSA) is 214 Å². The standard InChI is InChI=1S/C10H12O3.C8H8O3.C6H14O6/c1-2-7-13-10(12)8-3-5-9(11)6-4-8;1-11-8(10)6-2-4-7(9)5-3-6;7-1-3(9)5(11)6(12)4(10)2-8/h3-6,11H,2,7H2,1H3;2-5,9H,1H3;3-12H,1-2H2. The van der Waals surface area contributed by atoms with Gasteiger partial charge in [-0.15, -0.1) is 0 Å². The predicted molar refractivity (Wildman–Crippen MR) is 126 cm³/mol. The van der Waals surface area contributed by atoms with Crippen LogP contribution in [0.15, 0.2) is 48.5 Å². The molecule has 0 heterocycles. The maximum atomic E-state index is 11.2. The fourth-order valence-corrected chi connectivity index (χ4v) is 2.26. The molecule has 2 aromatic carbocycles. The summed E-state index contributed by atoms with van der Waals surface area (Å²) in [7, 11) is 1.31. The van der Waals surface area contributed by atoms with Crippen molar-refractivity contribution in [2.75, 3.05) is 26.9 Å². The van der Waals surface area contributed by atoms with Crippen LogP contribution < -0.4 is 0 Å². The van der Waals surface area contributed by atoms with E-state index in [1.54, 1.807) is 0 Å². The van der Waals surface area contributed by atoms with Crippen molar-refractivity contribution in [3.05, 3.63) is 59.7 Å². The van der Waals surface area contributed by atoms with E-state index in [1.807, 2.05) is 6.92 Å². The van der Waals surface area contributed by atoms with Crippen LogP contribution in [0.4, 0.5) is 0 Å². The molecule has 12 heteroatoms. The molecule has 0 aliphatic rings. The zero-order valence-electron chi connectivity index (χ0n) is 20.0. The summed E-state index contributed by atoms with van der Waals surface area (Å²) in [5, 5.41) is 70.0. The van der Waals surface area contributed by atoms with Crippen molar-refractivity contribution in [2.24, 2.45) is 0 Å². The van der Waals surface area contributed by atoms with Gasteiger partial charge in [0.25, 0.3) is 0 Å². The van der Waals surface area contributed by atoms with Gasteiger partial charge < -0.3 is 50.3 Å². The molecule has 0 radical (unpaired) electrons. The third-order valence-electron chi connectivity index (χ3n) is 4.34. The second-order valence-electron chi connectivity index (χ2n) is 7.20. The SMILES string of the molecule is CCCOC(=O)c1ccc(O)cc1.COC(=O)c1ccc(O)cc1.OCC(O)C(O)C(O)C(O)CO. The quantitative estimate of drug-likeness (QED) is 0.200. The van der Waals surface area contributed by atoms with Gasteiger partial charge in [-0.1, -0.05) is 6.92 Å². The summed E-state index contributed by atoms with van der Waals surface area (Å²) in [6, 6.07) is 11.9. The number of esters is 2. The summed E-state index contributed by atoms with van der Waals surface area (Å²) in [6.45, 7) is 0.913. The molecule has 2 rings (SSSR count). The van der Waals surface area contributed by atoms with Gasteiger partial charge in [0.15, 0.2) is 0 Å². The highest BCUT2D eigenvalue weighted by molar-refractivity contribution is 5.89. The van der Waals surface area contributed by atoms with E-state index in [0.717, 1.165) is 6.42 Å². The Kier molecular flexibility index (Phi) is 16.4. The van der Waals surface area contributed by atoms with Crippen LogP contribution in [0.2, 0.25) is 0 Å². The Morgan fingerprint density at radius 1 is 0.722 bits per heavy atom. The van der Waals surface area contributed by atoms with Gasteiger partial charge in [-0.25, -0.2) is 9.59 Å². The first-order valence-corrected chi connectivity index (χ1v) is 10.8. The molecule has 0 bridgehead atoms. The summed E-state index contributed by atoms with van der Waals surface area (Å²) >= 11 is 0. The van der Waals surface area contributed by atoms with E-state index >= 15 is 0 Å². The maximum absolute atomic E-state index is 11.2. The number of benzene rings is 2. The van der Waals surface area contributed by atoms with Gasteiger partial charge in [0.05, 0.1) is 38.1 Å². The molecule has 0 aromatic heterocycles. The average molecular weight is 515 g/mol. The number of ether oxygens (including phenoxy) is 2. The Balaban J connectivity index is 0.000000512. The fourth-order valence-electron chi connectivity index (χ4n) is 2.26. The number of carbonyl (C=O) groups excluding carboxylic acids is 2. The van der Waals surface area contributed by atoms with E-state index in [2.05, 4.69) is 4.74 Å². The Morgan fingerprint density at radius 3 is 1.39 bits per heavy atom. The first-order valence-electron chi connectivity index (χ1n) is 10.8. The number of aromatic hydroxyl groups is 2. The third kappa shape index (κ3) is 12.4. The third-order valence-corrected chi connectivity index (χ3v) is 4.34. The van der Waals surface area contributed by atoms with Crippen LogP contribution in [0.5, 0.6) is 11.5 Å². The number of methoxy groups -OCH3 is 1. The van der Waals surface area contributed by atoms with E-state index < -0.39 is 43.6 Å². The monoisotopic (exact) mass is 514 g/mol. The van der Waals surface area contributed by atoms with Crippen molar-refractivity contribution in [1.82, 2.24) is 0 Å². The smallest absolute Gasteiger partial charge is 0.338 e. The molecule has 202 valence electrons. The number of phenolic OH excluding ortho intramolecular Hbond substituents is 2. The molecule has 0 fully saturated rings. The molecule has 4 unspecified atom stereocenters. The van der Waals surface area contributed by atoms with Crippen LogP contribution in [0.1, 0.15) is 34.1 Å². The second-order valence-corrected chi connectivity index (χ2v) is 7.20. The highest BCUT2D eigenvalue weighted by atomic mass is 16.5. The molecule has 8 N–H and O–H groups in total. The van der Waals surface area contributed by atoms with Crippen molar-refractivity contribution in [3.8, 4) is 11.5 Å². The molecular formula is C24H34O12. The first-order chi connectivity index (χ1) is 17.0. The van der Waals surface area contributed by atoms with E-state index in [1.165, 1.54) is 55.6 Å². The fraction of sp³-hybridized carbons (Fsp3) is 0.417. The van der Waals surface area contributed by atoms with Gasteiger partial charge in [0.2, 0.25) is 0 Å². The van der Waals surface area contributed by atoms with Gasteiger partial charge >= 0.3 is 11.9 Å². The van der Waals surface area contributed by atoms with E-state index in [-0.39, 0.29) is 17.5 Å². The minimum absolute atomic E-state index is 0.137. The van der Waals surface area contributed by atoms with Crippen molar-refractivity contribution >= 4 is 11.9 Å². The number of rotatable bonds is 9. The van der Waals surface area contributed by atoms with E-state index in [9.17, 15) is 9.59 Å². The minimum Gasteiger partial charge on any atom is -0.508 e. The summed E-state index contributed by atoms with van der Waals surface area (Å²) in [6.07, 6.45) is -5.58. The van der Waals surface area contributed by atoms with Gasteiger partial charge in [-0.05, 0) is 55.0 Å². The number of aliphatic hydroxyl groups is 6. The summed E-state index contributed by atoms with van der Waals surface area (Å²) < 4.78 is 9.35. The molecule has 0 saturated heterocycles. The van der Waals surface area contributed by atoms with Crippen LogP contribution in [0.25, 0.3) is 0 Å². The molecule has 2 aromatic rings. The summed E-state index contributed by atoms with van der Waals surface area (Å²) in [5.41, 5.74) is 0.900. The van der Waals surface area contributed by atoms with Crippen LogP contribution >= 0.6 is 0 Å². The van der Waals surface area contributed by atoms with E-state index in [0.29, 0.717) is 17.7 Å². The second kappa shape index (κ2) is 18.1. The molecule has 4 atom stereocenters. The van der Waals surface area contributed by atoms with Gasteiger partial charge in [0.1, 0.15) is 35.9 Å². The zero-order chi connectivity index (χ0) is 27.7. The van der Waals surface area contributed by atoms with Gasteiger partial charge in [-0.2, -0.15) is 0 Å². The summed E-state index contributed by atoms with van der Waals surface area (Å²) in [4.78, 5) is 22.0. The molecule has 0 spiro atoms. The summed E-state index contributed by atoms with van der Waals surface area (Å²) in [5.74, 6) is -0.462. The largest absolute Gasteiger partial charge is 0.508 e. The molecule has 0 aliphatic carbocycles. The lowest BCUT2D eigenvalue weighted by Gasteiger charge is -2.24.